The molecule has 2 rings (SSSR count). The van der Waals surface area contributed by atoms with Gasteiger partial charge in [-0.3, -0.25) is 14.9 Å². The van der Waals surface area contributed by atoms with Crippen LogP contribution in [0.25, 0.3) is 0 Å². The highest BCUT2D eigenvalue weighted by Crippen LogP contribution is 2.24. The number of amides is 2. The normalized spacial score (nSPS) is 12.9. The molecule has 1 aromatic carbocycles. The van der Waals surface area contributed by atoms with Gasteiger partial charge in [0.05, 0.1) is 11.1 Å². The molecule has 0 aliphatic carbocycles. The fraction of sp³-hybridized carbons (Fsp3) is 0.400. The maximum absolute atomic E-state index is 11.9. The molecule has 3 heteroatoms. The second-order valence-electron chi connectivity index (χ2n) is 6.02. The van der Waals surface area contributed by atoms with Crippen molar-refractivity contribution in [2.24, 2.45) is 0 Å². The van der Waals surface area contributed by atoms with Gasteiger partial charge in [0.1, 0.15) is 0 Å². The van der Waals surface area contributed by atoms with Gasteiger partial charge in [-0.25, -0.2) is 0 Å². The van der Waals surface area contributed by atoms with Gasteiger partial charge in [0.25, 0.3) is 11.8 Å². The molecule has 0 radical (unpaired) electrons. The van der Waals surface area contributed by atoms with E-state index in [9.17, 15) is 9.59 Å². The van der Waals surface area contributed by atoms with Crippen LogP contribution in [0.2, 0.25) is 0 Å². The predicted molar refractivity (Wildman–Crippen MR) is 93.7 cm³/mol. The van der Waals surface area contributed by atoms with E-state index in [0.717, 1.165) is 51.4 Å². The Kier molecular flexibility index (Phi) is 6.33. The molecule has 1 heterocycles. The number of aryl methyl sites for hydroxylation is 2. The van der Waals surface area contributed by atoms with Crippen LogP contribution in [0.3, 0.4) is 0 Å². The van der Waals surface area contributed by atoms with Crippen molar-refractivity contribution in [1.82, 2.24) is 5.32 Å². The SMILES string of the molecule is C=CCCCCc1cc2c(cc1CCCCC=C)C(=O)NC2=O. The Bertz CT molecular complexity index is 563. The molecule has 0 saturated heterocycles. The van der Waals surface area contributed by atoms with E-state index in [1.807, 2.05) is 24.3 Å². The van der Waals surface area contributed by atoms with Crippen molar-refractivity contribution in [2.75, 3.05) is 0 Å². The number of allylic oxidation sites excluding steroid dienone is 2. The van der Waals surface area contributed by atoms with Gasteiger partial charge < -0.3 is 0 Å². The summed E-state index contributed by atoms with van der Waals surface area (Å²) in [5.41, 5.74) is 3.47. The number of hydrogen-bond donors (Lipinski definition) is 1. The molecule has 0 unspecified atom stereocenters. The summed E-state index contributed by atoms with van der Waals surface area (Å²) in [6.07, 6.45) is 12.1. The number of benzene rings is 1. The van der Waals surface area contributed by atoms with Crippen molar-refractivity contribution in [3.63, 3.8) is 0 Å². The zero-order chi connectivity index (χ0) is 16.7. The first-order valence-corrected chi connectivity index (χ1v) is 8.40. The van der Waals surface area contributed by atoms with Crippen LogP contribution in [-0.2, 0) is 12.8 Å². The number of imide groups is 1. The first kappa shape index (κ1) is 17.2. The number of hydrogen-bond acceptors (Lipinski definition) is 2. The van der Waals surface area contributed by atoms with Gasteiger partial charge in [-0.15, -0.1) is 13.2 Å². The number of unbranched alkanes of at least 4 members (excludes halogenated alkanes) is 4. The summed E-state index contributed by atoms with van der Waals surface area (Å²) in [6, 6.07) is 3.85. The molecule has 0 atom stereocenters. The van der Waals surface area contributed by atoms with Crippen LogP contribution < -0.4 is 5.32 Å². The Hall–Kier alpha value is -2.16. The van der Waals surface area contributed by atoms with E-state index in [1.165, 1.54) is 11.1 Å². The lowest BCUT2D eigenvalue weighted by atomic mass is 9.92. The summed E-state index contributed by atoms with van der Waals surface area (Å²) in [4.78, 5) is 23.7. The highest BCUT2D eigenvalue weighted by atomic mass is 16.2. The number of carbonyl (C=O) groups excluding carboxylic acids is 2. The molecule has 1 aromatic rings. The molecule has 2 amide bonds. The van der Waals surface area contributed by atoms with E-state index in [-0.39, 0.29) is 11.8 Å². The number of fused-ring (bicyclic) bond motifs is 1. The molecule has 23 heavy (non-hydrogen) atoms. The molecule has 0 aromatic heterocycles. The average Bonchev–Trinajstić information content (AvgIpc) is 2.82. The maximum Gasteiger partial charge on any atom is 0.258 e. The molecule has 1 aliphatic rings. The third kappa shape index (κ3) is 4.41. The zero-order valence-corrected chi connectivity index (χ0v) is 13.7. The van der Waals surface area contributed by atoms with Crippen molar-refractivity contribution in [2.45, 2.75) is 51.4 Å². The lowest BCUT2D eigenvalue weighted by molar-refractivity contribution is 0.0879. The maximum atomic E-state index is 11.9. The van der Waals surface area contributed by atoms with Crippen LogP contribution >= 0.6 is 0 Å². The largest absolute Gasteiger partial charge is 0.288 e. The fourth-order valence-corrected chi connectivity index (χ4v) is 2.98. The number of rotatable bonds is 10. The van der Waals surface area contributed by atoms with Crippen LogP contribution in [0.4, 0.5) is 0 Å². The third-order valence-electron chi connectivity index (χ3n) is 4.26. The van der Waals surface area contributed by atoms with E-state index < -0.39 is 0 Å². The van der Waals surface area contributed by atoms with Gasteiger partial charge in [-0.1, -0.05) is 12.2 Å². The van der Waals surface area contributed by atoms with Gasteiger partial charge in [0.2, 0.25) is 0 Å². The minimum atomic E-state index is -0.268. The summed E-state index contributed by atoms with van der Waals surface area (Å²) >= 11 is 0. The summed E-state index contributed by atoms with van der Waals surface area (Å²) in [5.74, 6) is -0.536. The Labute approximate surface area is 138 Å². The molecule has 0 spiro atoms. The van der Waals surface area contributed by atoms with Gasteiger partial charge in [-0.05, 0) is 74.6 Å². The quantitative estimate of drug-likeness (QED) is 0.396. The minimum Gasteiger partial charge on any atom is -0.288 e. The van der Waals surface area contributed by atoms with Crippen molar-refractivity contribution < 1.29 is 9.59 Å². The minimum absolute atomic E-state index is 0.268. The van der Waals surface area contributed by atoms with E-state index in [2.05, 4.69) is 18.5 Å². The third-order valence-corrected chi connectivity index (χ3v) is 4.26. The number of carbonyl (C=O) groups is 2. The van der Waals surface area contributed by atoms with E-state index in [4.69, 9.17) is 0 Å². The Morgan fingerprint density at radius 2 is 1.22 bits per heavy atom. The smallest absolute Gasteiger partial charge is 0.258 e. The molecule has 1 aliphatic heterocycles. The summed E-state index contributed by atoms with van der Waals surface area (Å²) in [7, 11) is 0. The van der Waals surface area contributed by atoms with E-state index >= 15 is 0 Å². The molecule has 1 N–H and O–H groups in total. The summed E-state index contributed by atoms with van der Waals surface area (Å²) < 4.78 is 0. The van der Waals surface area contributed by atoms with Crippen molar-refractivity contribution in [3.05, 3.63) is 59.7 Å². The van der Waals surface area contributed by atoms with Crippen LogP contribution in [0.15, 0.2) is 37.4 Å². The van der Waals surface area contributed by atoms with Crippen molar-refractivity contribution in [3.8, 4) is 0 Å². The topological polar surface area (TPSA) is 46.2 Å². The Balaban J connectivity index is 2.16. The zero-order valence-electron chi connectivity index (χ0n) is 13.7. The Morgan fingerprint density at radius 1 is 0.783 bits per heavy atom. The molecular formula is C20H25NO2. The van der Waals surface area contributed by atoms with Crippen LogP contribution in [0.1, 0.15) is 70.4 Å². The van der Waals surface area contributed by atoms with Gasteiger partial charge in [0.15, 0.2) is 0 Å². The van der Waals surface area contributed by atoms with Crippen molar-refractivity contribution >= 4 is 11.8 Å². The average molecular weight is 311 g/mol. The lowest BCUT2D eigenvalue weighted by Gasteiger charge is -2.11. The molecule has 0 saturated carbocycles. The lowest BCUT2D eigenvalue weighted by Crippen LogP contribution is -2.19. The number of nitrogens with one attached hydrogen (secondary N) is 1. The van der Waals surface area contributed by atoms with Crippen LogP contribution in [0.5, 0.6) is 0 Å². The van der Waals surface area contributed by atoms with Gasteiger partial charge in [0, 0.05) is 0 Å². The van der Waals surface area contributed by atoms with Crippen LogP contribution in [0, 0.1) is 0 Å². The van der Waals surface area contributed by atoms with Crippen LogP contribution in [-0.4, -0.2) is 11.8 Å². The second kappa shape index (κ2) is 8.47. The van der Waals surface area contributed by atoms with Gasteiger partial charge >= 0.3 is 0 Å². The molecule has 122 valence electrons. The fourth-order valence-electron chi connectivity index (χ4n) is 2.98. The standard InChI is InChI=1S/C20H25NO2/c1-3-5-7-9-11-15-13-17-18(20(23)21-19(17)22)14-16(15)12-10-8-6-4-2/h3-4,13-14H,1-2,5-12H2,(H,21,22,23). The molecule has 0 fully saturated rings. The monoisotopic (exact) mass is 311 g/mol. The summed E-state index contributed by atoms with van der Waals surface area (Å²) in [5, 5.41) is 2.39. The van der Waals surface area contributed by atoms with E-state index in [0.29, 0.717) is 11.1 Å². The Morgan fingerprint density at radius 3 is 1.61 bits per heavy atom. The van der Waals surface area contributed by atoms with Crippen molar-refractivity contribution in [1.29, 1.82) is 0 Å². The first-order valence-electron chi connectivity index (χ1n) is 8.40. The first-order chi connectivity index (χ1) is 11.2. The second-order valence-corrected chi connectivity index (χ2v) is 6.02. The molecule has 0 bridgehead atoms. The molecular weight excluding hydrogens is 286 g/mol. The predicted octanol–water partition coefficient (Wildman–Crippen LogP) is 4.37. The summed E-state index contributed by atoms with van der Waals surface area (Å²) in [6.45, 7) is 7.50. The highest BCUT2D eigenvalue weighted by Gasteiger charge is 2.27. The van der Waals surface area contributed by atoms with Gasteiger partial charge in [-0.2, -0.15) is 0 Å². The highest BCUT2D eigenvalue weighted by molar-refractivity contribution is 6.21. The van der Waals surface area contributed by atoms with E-state index in [1.54, 1.807) is 0 Å². The molecule has 3 nitrogen and oxygen atoms in total.